The lowest BCUT2D eigenvalue weighted by atomic mass is 10.0. The molecule has 90 valence electrons. The summed E-state index contributed by atoms with van der Waals surface area (Å²) in [7, 11) is 0. The zero-order valence-corrected chi connectivity index (χ0v) is 10.3. The number of nitrogens with zero attached hydrogens (tertiary/aromatic N) is 1. The van der Waals surface area contributed by atoms with Gasteiger partial charge in [0, 0.05) is 19.7 Å². The molecule has 0 radical (unpaired) electrons. The number of nitrogens with two attached hydrogens (primary N) is 1. The summed E-state index contributed by atoms with van der Waals surface area (Å²) in [5.41, 5.74) is 5.81. The summed E-state index contributed by atoms with van der Waals surface area (Å²) in [6.07, 6.45) is 0.913. The molecule has 0 aromatic carbocycles. The molecule has 1 aliphatic heterocycles. The van der Waals surface area contributed by atoms with E-state index in [-0.39, 0.29) is 30.3 Å². The average Bonchev–Trinajstić information content (AvgIpc) is 2.43. The summed E-state index contributed by atoms with van der Waals surface area (Å²) in [4.78, 5) is 13.7. The number of rotatable bonds is 2. The third-order valence-corrected chi connectivity index (χ3v) is 2.54. The highest BCUT2D eigenvalue weighted by Gasteiger charge is 2.23. The molecule has 2 N–H and O–H groups in total. The van der Waals surface area contributed by atoms with Crippen LogP contribution in [-0.4, -0.2) is 43.2 Å². The SMILES string of the molecule is CC(C)C(N)C(=O)N1CCCOCC1.Cl. The minimum Gasteiger partial charge on any atom is -0.380 e. The number of ether oxygens (including phenoxy) is 1. The largest absolute Gasteiger partial charge is 0.380 e. The van der Waals surface area contributed by atoms with Crippen LogP contribution in [0, 0.1) is 5.92 Å². The summed E-state index contributed by atoms with van der Waals surface area (Å²) in [6, 6.07) is -0.368. The summed E-state index contributed by atoms with van der Waals surface area (Å²) >= 11 is 0. The highest BCUT2D eigenvalue weighted by Crippen LogP contribution is 2.06. The molecule has 0 aromatic heterocycles. The Kier molecular flexibility index (Phi) is 6.89. The molecule has 4 nitrogen and oxygen atoms in total. The second kappa shape index (κ2) is 7.04. The number of carbonyl (C=O) groups excluding carboxylic acids is 1. The quantitative estimate of drug-likeness (QED) is 0.766. The number of halogens is 1. The van der Waals surface area contributed by atoms with Gasteiger partial charge >= 0.3 is 0 Å². The molecule has 1 saturated heterocycles. The molecule has 1 fully saturated rings. The Morgan fingerprint density at radius 3 is 2.60 bits per heavy atom. The maximum Gasteiger partial charge on any atom is 0.239 e. The predicted octanol–water partition coefficient (Wildman–Crippen LogP) is 0.640. The van der Waals surface area contributed by atoms with Gasteiger partial charge in [0.1, 0.15) is 0 Å². The van der Waals surface area contributed by atoms with Crippen molar-refractivity contribution in [3.63, 3.8) is 0 Å². The lowest BCUT2D eigenvalue weighted by Crippen LogP contribution is -2.47. The molecule has 5 heteroatoms. The Hall–Kier alpha value is -0.320. The van der Waals surface area contributed by atoms with Crippen LogP contribution < -0.4 is 5.73 Å². The van der Waals surface area contributed by atoms with Crippen molar-refractivity contribution in [2.24, 2.45) is 11.7 Å². The third kappa shape index (κ3) is 4.36. The van der Waals surface area contributed by atoms with Gasteiger partial charge in [0.2, 0.25) is 5.91 Å². The van der Waals surface area contributed by atoms with Crippen molar-refractivity contribution >= 4 is 18.3 Å². The van der Waals surface area contributed by atoms with E-state index in [2.05, 4.69) is 0 Å². The Labute approximate surface area is 97.5 Å². The lowest BCUT2D eigenvalue weighted by molar-refractivity contribution is -0.133. The fourth-order valence-electron chi connectivity index (χ4n) is 1.46. The van der Waals surface area contributed by atoms with Gasteiger partial charge in [-0.05, 0) is 12.3 Å². The zero-order valence-electron chi connectivity index (χ0n) is 9.44. The van der Waals surface area contributed by atoms with Crippen molar-refractivity contribution in [2.45, 2.75) is 26.3 Å². The highest BCUT2D eigenvalue weighted by atomic mass is 35.5. The van der Waals surface area contributed by atoms with Crippen LogP contribution in [0.25, 0.3) is 0 Å². The van der Waals surface area contributed by atoms with Crippen molar-refractivity contribution in [1.82, 2.24) is 4.90 Å². The van der Waals surface area contributed by atoms with Crippen LogP contribution in [0.2, 0.25) is 0 Å². The van der Waals surface area contributed by atoms with Crippen LogP contribution in [0.1, 0.15) is 20.3 Å². The predicted molar refractivity (Wildman–Crippen MR) is 62.1 cm³/mol. The minimum atomic E-state index is -0.368. The Morgan fingerprint density at radius 2 is 2.00 bits per heavy atom. The van der Waals surface area contributed by atoms with E-state index in [1.165, 1.54) is 0 Å². The number of hydrogen-bond acceptors (Lipinski definition) is 3. The molecule has 0 aromatic rings. The molecule has 0 spiro atoms. The minimum absolute atomic E-state index is 0. The maximum absolute atomic E-state index is 11.8. The van der Waals surface area contributed by atoms with Gasteiger partial charge in [-0.1, -0.05) is 13.8 Å². The van der Waals surface area contributed by atoms with Crippen molar-refractivity contribution in [2.75, 3.05) is 26.3 Å². The first-order valence-corrected chi connectivity index (χ1v) is 5.25. The highest BCUT2D eigenvalue weighted by molar-refractivity contribution is 5.85. The van der Waals surface area contributed by atoms with Crippen molar-refractivity contribution in [3.05, 3.63) is 0 Å². The Morgan fingerprint density at radius 1 is 1.33 bits per heavy atom. The van der Waals surface area contributed by atoms with E-state index in [0.717, 1.165) is 19.6 Å². The molecular weight excluding hydrogens is 216 g/mol. The molecular formula is C10H21ClN2O2. The van der Waals surface area contributed by atoms with Gasteiger partial charge in [0.15, 0.2) is 0 Å². The van der Waals surface area contributed by atoms with Crippen LogP contribution >= 0.6 is 12.4 Å². The molecule has 1 rings (SSSR count). The van der Waals surface area contributed by atoms with Crippen molar-refractivity contribution < 1.29 is 9.53 Å². The molecule has 0 saturated carbocycles. The summed E-state index contributed by atoms with van der Waals surface area (Å²) in [5, 5.41) is 0. The summed E-state index contributed by atoms with van der Waals surface area (Å²) in [5.74, 6) is 0.261. The monoisotopic (exact) mass is 236 g/mol. The smallest absolute Gasteiger partial charge is 0.239 e. The standard InChI is InChI=1S/C10H20N2O2.ClH/c1-8(2)9(11)10(13)12-4-3-6-14-7-5-12;/h8-9H,3-7,11H2,1-2H3;1H. The lowest BCUT2D eigenvalue weighted by Gasteiger charge is -2.25. The van der Waals surface area contributed by atoms with Crippen LogP contribution in [0.3, 0.4) is 0 Å². The first-order valence-electron chi connectivity index (χ1n) is 5.25. The molecule has 1 amide bonds. The molecule has 1 unspecified atom stereocenters. The molecule has 1 atom stereocenters. The van der Waals surface area contributed by atoms with Crippen LogP contribution in [0.4, 0.5) is 0 Å². The molecule has 0 aliphatic carbocycles. The normalized spacial score (nSPS) is 19.3. The molecule has 15 heavy (non-hydrogen) atoms. The van der Waals surface area contributed by atoms with E-state index in [1.54, 1.807) is 0 Å². The van der Waals surface area contributed by atoms with Gasteiger partial charge in [0.05, 0.1) is 12.6 Å². The third-order valence-electron chi connectivity index (χ3n) is 2.54. The van der Waals surface area contributed by atoms with Gasteiger partial charge in [0.25, 0.3) is 0 Å². The number of carbonyl (C=O) groups is 1. The second-order valence-corrected chi connectivity index (χ2v) is 4.06. The van der Waals surface area contributed by atoms with E-state index in [1.807, 2.05) is 18.7 Å². The molecule has 0 bridgehead atoms. The number of amides is 1. The Balaban J connectivity index is 0.00000196. The van der Waals surface area contributed by atoms with E-state index < -0.39 is 0 Å². The summed E-state index contributed by atoms with van der Waals surface area (Å²) < 4.78 is 5.28. The van der Waals surface area contributed by atoms with Crippen molar-refractivity contribution in [1.29, 1.82) is 0 Å². The Bertz CT molecular complexity index is 192. The fourth-order valence-corrected chi connectivity index (χ4v) is 1.46. The summed E-state index contributed by atoms with van der Waals surface area (Å²) in [6.45, 7) is 6.78. The van der Waals surface area contributed by atoms with Gasteiger partial charge in [-0.25, -0.2) is 0 Å². The molecule has 1 aliphatic rings. The number of hydrogen-bond donors (Lipinski definition) is 1. The maximum atomic E-state index is 11.8. The van der Waals surface area contributed by atoms with E-state index in [0.29, 0.717) is 13.2 Å². The van der Waals surface area contributed by atoms with Gasteiger partial charge in [-0.15, -0.1) is 12.4 Å². The first kappa shape index (κ1) is 14.7. The van der Waals surface area contributed by atoms with Gasteiger partial charge in [-0.2, -0.15) is 0 Å². The van der Waals surface area contributed by atoms with Crippen molar-refractivity contribution in [3.8, 4) is 0 Å². The zero-order chi connectivity index (χ0) is 10.6. The fraction of sp³-hybridized carbons (Fsp3) is 0.900. The van der Waals surface area contributed by atoms with Gasteiger partial charge < -0.3 is 15.4 Å². The van der Waals surface area contributed by atoms with Crippen LogP contribution in [0.15, 0.2) is 0 Å². The van der Waals surface area contributed by atoms with Gasteiger partial charge in [-0.3, -0.25) is 4.79 Å². The molecule has 1 heterocycles. The van der Waals surface area contributed by atoms with Crippen LogP contribution in [-0.2, 0) is 9.53 Å². The van der Waals surface area contributed by atoms with E-state index in [4.69, 9.17) is 10.5 Å². The first-order chi connectivity index (χ1) is 6.63. The van der Waals surface area contributed by atoms with Crippen LogP contribution in [0.5, 0.6) is 0 Å². The second-order valence-electron chi connectivity index (χ2n) is 4.06. The average molecular weight is 237 g/mol. The van der Waals surface area contributed by atoms with E-state index in [9.17, 15) is 4.79 Å². The van der Waals surface area contributed by atoms with E-state index >= 15 is 0 Å². The topological polar surface area (TPSA) is 55.6 Å².